The van der Waals surface area contributed by atoms with Gasteiger partial charge >= 0.3 is 5.97 Å². The number of thiazole rings is 1. The van der Waals surface area contributed by atoms with Gasteiger partial charge < -0.3 is 14.2 Å². The van der Waals surface area contributed by atoms with Crippen molar-refractivity contribution in [3.05, 3.63) is 131 Å². The Morgan fingerprint density at radius 3 is 2.43 bits per heavy atom. The molecule has 1 unspecified atom stereocenters. The van der Waals surface area contributed by atoms with Crippen LogP contribution in [0.1, 0.15) is 36.6 Å². The maximum atomic E-state index is 13.9. The molecule has 0 saturated heterocycles. The van der Waals surface area contributed by atoms with E-state index in [9.17, 15) is 19.7 Å². The molecule has 1 aliphatic heterocycles. The van der Waals surface area contributed by atoms with Crippen LogP contribution in [0.25, 0.3) is 6.08 Å². The molecule has 1 aromatic heterocycles. The van der Waals surface area contributed by atoms with Crippen molar-refractivity contribution in [2.75, 3.05) is 13.7 Å². The van der Waals surface area contributed by atoms with E-state index < -0.39 is 22.5 Å². The number of carbonyl (C=O) groups excluding carboxylic acids is 1. The number of hydrogen-bond acceptors (Lipinski definition) is 9. The molecular weight excluding hydrogens is 558 g/mol. The monoisotopic (exact) mass is 585 g/mol. The van der Waals surface area contributed by atoms with Crippen LogP contribution in [0.3, 0.4) is 0 Å². The molecule has 42 heavy (non-hydrogen) atoms. The van der Waals surface area contributed by atoms with Gasteiger partial charge in [-0.25, -0.2) is 9.79 Å². The minimum atomic E-state index is -0.776. The van der Waals surface area contributed by atoms with Gasteiger partial charge in [0.05, 0.1) is 52.1 Å². The molecule has 0 radical (unpaired) electrons. The van der Waals surface area contributed by atoms with Crippen molar-refractivity contribution in [2.45, 2.75) is 26.5 Å². The minimum absolute atomic E-state index is 0.159. The smallest absolute Gasteiger partial charge is 0.338 e. The first-order valence-corrected chi connectivity index (χ1v) is 13.9. The van der Waals surface area contributed by atoms with E-state index in [0.29, 0.717) is 16.1 Å². The fourth-order valence-corrected chi connectivity index (χ4v) is 5.77. The minimum Gasteiger partial charge on any atom is -0.493 e. The molecule has 3 aromatic carbocycles. The first-order chi connectivity index (χ1) is 20.3. The molecule has 1 aliphatic rings. The van der Waals surface area contributed by atoms with Crippen LogP contribution >= 0.6 is 11.3 Å². The maximum absolute atomic E-state index is 13.9. The number of nitro benzene ring substituents is 1. The SMILES string of the molecule is CCOC(=O)C1=C(C)N=c2sc(=Cc3cc(OC)c(OCc4ccccc4)cc3[N+](=O)[O-])c(=O)n2C1c1ccccc1. The van der Waals surface area contributed by atoms with E-state index in [4.69, 9.17) is 14.2 Å². The first-order valence-electron chi connectivity index (χ1n) is 13.1. The van der Waals surface area contributed by atoms with Gasteiger partial charge in [-0.3, -0.25) is 19.5 Å². The zero-order valence-corrected chi connectivity index (χ0v) is 23.9. The molecule has 0 saturated carbocycles. The van der Waals surface area contributed by atoms with Crippen LogP contribution in [-0.4, -0.2) is 29.2 Å². The van der Waals surface area contributed by atoms with Crippen LogP contribution in [0.2, 0.25) is 0 Å². The van der Waals surface area contributed by atoms with Crippen molar-refractivity contribution in [3.63, 3.8) is 0 Å². The molecular formula is C31H27N3O7S. The van der Waals surface area contributed by atoms with Crippen molar-refractivity contribution < 1.29 is 23.9 Å². The third kappa shape index (κ3) is 5.59. The zero-order valence-electron chi connectivity index (χ0n) is 23.1. The lowest BCUT2D eigenvalue weighted by Gasteiger charge is -2.24. The molecule has 0 fully saturated rings. The highest BCUT2D eigenvalue weighted by Crippen LogP contribution is 2.36. The molecule has 11 heteroatoms. The number of nitro groups is 1. The maximum Gasteiger partial charge on any atom is 0.338 e. The van der Waals surface area contributed by atoms with Crippen LogP contribution in [-0.2, 0) is 16.1 Å². The van der Waals surface area contributed by atoms with E-state index in [1.54, 1.807) is 13.8 Å². The molecule has 2 heterocycles. The summed E-state index contributed by atoms with van der Waals surface area (Å²) in [4.78, 5) is 43.4. The van der Waals surface area contributed by atoms with Gasteiger partial charge in [0.15, 0.2) is 16.3 Å². The molecule has 10 nitrogen and oxygen atoms in total. The number of methoxy groups -OCH3 is 1. The molecule has 0 spiro atoms. The van der Waals surface area contributed by atoms with Gasteiger partial charge in [-0.15, -0.1) is 0 Å². The van der Waals surface area contributed by atoms with E-state index in [2.05, 4.69) is 4.99 Å². The first kappa shape index (κ1) is 28.5. The Morgan fingerprint density at radius 1 is 1.10 bits per heavy atom. The Kier molecular flexibility index (Phi) is 8.30. The lowest BCUT2D eigenvalue weighted by atomic mass is 9.96. The van der Waals surface area contributed by atoms with Crippen LogP contribution in [0.4, 0.5) is 5.69 Å². The molecule has 4 aromatic rings. The van der Waals surface area contributed by atoms with Gasteiger partial charge in [-0.2, -0.15) is 0 Å². The Hall–Kier alpha value is -5.03. The standard InChI is InChI=1S/C31H27N3O7S/c1-4-40-30(36)27-19(2)32-31-33(28(27)21-13-9-6-10-14-21)29(35)26(42-31)16-22-15-24(39-3)25(17-23(22)34(37)38)41-18-20-11-7-5-8-12-20/h5-17,28H,4,18H2,1-3H3. The normalized spacial score (nSPS) is 14.6. The second-order valence-electron chi connectivity index (χ2n) is 9.31. The van der Waals surface area contributed by atoms with Crippen LogP contribution in [0.5, 0.6) is 11.5 Å². The number of allylic oxidation sites excluding steroid dienone is 1. The van der Waals surface area contributed by atoms with Gasteiger partial charge in [0.1, 0.15) is 6.61 Å². The number of esters is 1. The zero-order chi connectivity index (χ0) is 29.8. The lowest BCUT2D eigenvalue weighted by Crippen LogP contribution is -2.39. The molecule has 214 valence electrons. The van der Waals surface area contributed by atoms with E-state index in [-0.39, 0.29) is 46.1 Å². The lowest BCUT2D eigenvalue weighted by molar-refractivity contribution is -0.385. The highest BCUT2D eigenvalue weighted by Gasteiger charge is 2.33. The summed E-state index contributed by atoms with van der Waals surface area (Å²) in [5.74, 6) is -0.0862. The van der Waals surface area contributed by atoms with Crippen molar-refractivity contribution in [1.82, 2.24) is 4.57 Å². The Balaban J connectivity index is 1.63. The van der Waals surface area contributed by atoms with Gasteiger partial charge in [0, 0.05) is 0 Å². The summed E-state index contributed by atoms with van der Waals surface area (Å²) in [6.45, 7) is 3.76. The Morgan fingerprint density at radius 2 is 1.79 bits per heavy atom. The molecule has 0 N–H and O–H groups in total. The predicted octanol–water partition coefficient (Wildman–Crippen LogP) is 4.29. The van der Waals surface area contributed by atoms with Gasteiger partial charge in [0.25, 0.3) is 11.2 Å². The molecule has 0 aliphatic carbocycles. The van der Waals surface area contributed by atoms with Crippen LogP contribution < -0.4 is 24.4 Å². The average Bonchev–Trinajstić information content (AvgIpc) is 3.30. The Bertz CT molecular complexity index is 1860. The Labute approximate surface area is 244 Å². The third-order valence-electron chi connectivity index (χ3n) is 6.67. The second-order valence-corrected chi connectivity index (χ2v) is 10.3. The number of hydrogen-bond donors (Lipinski definition) is 0. The number of carbonyl (C=O) groups is 1. The fourth-order valence-electron chi connectivity index (χ4n) is 4.73. The number of rotatable bonds is 9. The van der Waals surface area contributed by atoms with Crippen molar-refractivity contribution in [1.29, 1.82) is 0 Å². The van der Waals surface area contributed by atoms with Crippen molar-refractivity contribution in [2.24, 2.45) is 4.99 Å². The van der Waals surface area contributed by atoms with E-state index in [1.807, 2.05) is 60.7 Å². The molecule has 1 atom stereocenters. The van der Waals surface area contributed by atoms with Crippen molar-refractivity contribution >= 4 is 29.1 Å². The van der Waals surface area contributed by atoms with E-state index in [1.165, 1.54) is 29.9 Å². The third-order valence-corrected chi connectivity index (χ3v) is 7.65. The van der Waals surface area contributed by atoms with Crippen molar-refractivity contribution in [3.8, 4) is 11.5 Å². The topological polar surface area (TPSA) is 122 Å². The van der Waals surface area contributed by atoms with E-state index >= 15 is 0 Å². The summed E-state index contributed by atoms with van der Waals surface area (Å²) >= 11 is 1.08. The van der Waals surface area contributed by atoms with Gasteiger partial charge in [0.2, 0.25) is 0 Å². The van der Waals surface area contributed by atoms with Gasteiger partial charge in [-0.1, -0.05) is 72.0 Å². The quantitative estimate of drug-likeness (QED) is 0.163. The number of aromatic nitrogens is 1. The van der Waals surface area contributed by atoms with Gasteiger partial charge in [-0.05, 0) is 37.1 Å². The second kappa shape index (κ2) is 12.2. The summed E-state index contributed by atoms with van der Waals surface area (Å²) in [5.41, 5.74) is 1.74. The van der Waals surface area contributed by atoms with Crippen LogP contribution in [0, 0.1) is 10.1 Å². The average molecular weight is 586 g/mol. The summed E-state index contributed by atoms with van der Waals surface area (Å²) < 4.78 is 18.3. The summed E-state index contributed by atoms with van der Waals surface area (Å²) in [6.07, 6.45) is 1.44. The van der Waals surface area contributed by atoms with E-state index in [0.717, 1.165) is 16.9 Å². The molecule has 0 amide bonds. The fraction of sp³-hybridized carbons (Fsp3) is 0.194. The number of nitrogens with zero attached hydrogens (tertiary/aromatic N) is 3. The molecule has 0 bridgehead atoms. The summed E-state index contributed by atoms with van der Waals surface area (Å²) in [6, 6.07) is 20.5. The highest BCUT2D eigenvalue weighted by atomic mass is 32.1. The highest BCUT2D eigenvalue weighted by molar-refractivity contribution is 7.07. The summed E-state index contributed by atoms with van der Waals surface area (Å²) in [7, 11) is 1.44. The summed E-state index contributed by atoms with van der Waals surface area (Å²) in [5, 5.41) is 12.1. The predicted molar refractivity (Wildman–Crippen MR) is 157 cm³/mol. The number of fused-ring (bicyclic) bond motifs is 1. The molecule has 5 rings (SSSR count). The largest absolute Gasteiger partial charge is 0.493 e. The number of ether oxygens (including phenoxy) is 3. The van der Waals surface area contributed by atoms with Crippen LogP contribution in [0.15, 0.2) is 93.9 Å². The number of benzene rings is 3.